The first-order valence-electron chi connectivity index (χ1n) is 8.60. The lowest BCUT2D eigenvalue weighted by molar-refractivity contribution is -0.164. The summed E-state index contributed by atoms with van der Waals surface area (Å²) < 4.78 is 10.8. The molecule has 1 saturated heterocycles. The number of piperidine rings is 1. The highest BCUT2D eigenvalue weighted by Crippen LogP contribution is 2.47. The number of rotatable bonds is 3. The van der Waals surface area contributed by atoms with E-state index in [1.54, 1.807) is 19.1 Å². The first-order valence-corrected chi connectivity index (χ1v) is 8.60. The lowest BCUT2D eigenvalue weighted by atomic mass is 9.72. The third-order valence-electron chi connectivity index (χ3n) is 5.05. The topological polar surface area (TPSA) is 119 Å². The largest absolute Gasteiger partial charge is 0.481 e. The van der Waals surface area contributed by atoms with Crippen LogP contribution in [0.25, 0.3) is 0 Å². The maximum Gasteiger partial charge on any atom is 0.397 e. The van der Waals surface area contributed by atoms with Crippen molar-refractivity contribution in [3.8, 4) is 5.75 Å². The van der Waals surface area contributed by atoms with E-state index in [0.717, 1.165) is 5.56 Å². The number of ether oxygens (including phenoxy) is 2. The molecule has 0 spiro atoms. The fraction of sp³-hybridized carbons (Fsp3) is 0.500. The molecule has 1 fully saturated rings. The Morgan fingerprint density at radius 3 is 2.81 bits per heavy atom. The quantitative estimate of drug-likeness (QED) is 0.600. The highest BCUT2D eigenvalue weighted by Gasteiger charge is 2.52. The van der Waals surface area contributed by atoms with Gasteiger partial charge in [0.25, 0.3) is 0 Å². The van der Waals surface area contributed by atoms with Crippen LogP contribution < -0.4 is 10.5 Å². The van der Waals surface area contributed by atoms with E-state index in [-0.39, 0.29) is 26.1 Å². The zero-order valence-electron chi connectivity index (χ0n) is 14.5. The van der Waals surface area contributed by atoms with E-state index in [1.165, 1.54) is 4.90 Å². The second kappa shape index (κ2) is 6.95. The van der Waals surface area contributed by atoms with E-state index in [4.69, 9.17) is 15.2 Å². The van der Waals surface area contributed by atoms with Crippen LogP contribution in [0.1, 0.15) is 31.2 Å². The zero-order chi connectivity index (χ0) is 18.9. The summed E-state index contributed by atoms with van der Waals surface area (Å²) in [7, 11) is 0. The van der Waals surface area contributed by atoms with Gasteiger partial charge >= 0.3 is 17.8 Å². The lowest BCUT2D eigenvalue weighted by Crippen LogP contribution is -2.65. The molecular weight excluding hydrogens is 340 g/mol. The van der Waals surface area contributed by atoms with E-state index < -0.39 is 35.4 Å². The van der Waals surface area contributed by atoms with Crippen molar-refractivity contribution in [2.45, 2.75) is 31.4 Å². The number of amides is 1. The molecule has 3 rings (SSSR count). The SMILES string of the molecule is CCOC(=O)C(=O)N1CCC2(N)Oc3ccccc3C(CC(=O)O)C2C1. The average molecular weight is 362 g/mol. The van der Waals surface area contributed by atoms with Crippen LogP contribution in [0.3, 0.4) is 0 Å². The molecule has 2 aliphatic heterocycles. The number of carboxylic acids is 1. The molecule has 3 unspecified atom stereocenters. The number of carboxylic acid groups (broad SMARTS) is 1. The lowest BCUT2D eigenvalue weighted by Gasteiger charge is -2.51. The molecule has 140 valence electrons. The van der Waals surface area contributed by atoms with Crippen molar-refractivity contribution in [2.24, 2.45) is 11.7 Å². The Hall–Kier alpha value is -2.61. The van der Waals surface area contributed by atoms with Gasteiger partial charge in [-0.15, -0.1) is 0 Å². The molecular formula is C18H22N2O6. The van der Waals surface area contributed by atoms with E-state index in [1.807, 2.05) is 12.1 Å². The molecule has 0 bridgehead atoms. The minimum absolute atomic E-state index is 0.112. The summed E-state index contributed by atoms with van der Waals surface area (Å²) in [6, 6.07) is 7.20. The number of esters is 1. The number of carbonyl (C=O) groups excluding carboxylic acids is 2. The van der Waals surface area contributed by atoms with Crippen molar-refractivity contribution in [1.82, 2.24) is 4.90 Å². The summed E-state index contributed by atoms with van der Waals surface area (Å²) in [4.78, 5) is 36.9. The Bertz CT molecular complexity index is 736. The Morgan fingerprint density at radius 1 is 1.38 bits per heavy atom. The summed E-state index contributed by atoms with van der Waals surface area (Å²) in [6.45, 7) is 2.12. The molecule has 0 radical (unpaired) electrons. The number of hydrogen-bond acceptors (Lipinski definition) is 6. The van der Waals surface area contributed by atoms with Crippen molar-refractivity contribution in [2.75, 3.05) is 19.7 Å². The smallest absolute Gasteiger partial charge is 0.397 e. The summed E-state index contributed by atoms with van der Waals surface area (Å²) >= 11 is 0. The summed E-state index contributed by atoms with van der Waals surface area (Å²) in [5.74, 6) is -2.89. The number of para-hydroxylation sites is 1. The molecule has 3 N–H and O–H groups in total. The fourth-order valence-electron chi connectivity index (χ4n) is 3.82. The van der Waals surface area contributed by atoms with E-state index in [2.05, 4.69) is 0 Å². The van der Waals surface area contributed by atoms with Crippen molar-refractivity contribution in [3.05, 3.63) is 29.8 Å². The Morgan fingerprint density at radius 2 is 2.12 bits per heavy atom. The van der Waals surface area contributed by atoms with Crippen LogP contribution in [0, 0.1) is 5.92 Å². The average Bonchev–Trinajstić information content (AvgIpc) is 2.60. The minimum atomic E-state index is -1.08. The monoisotopic (exact) mass is 362 g/mol. The zero-order valence-corrected chi connectivity index (χ0v) is 14.5. The molecule has 0 aromatic heterocycles. The number of benzene rings is 1. The number of hydrogen-bond donors (Lipinski definition) is 2. The van der Waals surface area contributed by atoms with Crippen LogP contribution in [-0.4, -0.2) is 53.3 Å². The maximum absolute atomic E-state index is 12.3. The van der Waals surface area contributed by atoms with Crippen LogP contribution >= 0.6 is 0 Å². The van der Waals surface area contributed by atoms with Crippen LogP contribution in [0.5, 0.6) is 5.75 Å². The predicted molar refractivity (Wildman–Crippen MR) is 90.3 cm³/mol. The Kier molecular flexibility index (Phi) is 4.86. The Balaban J connectivity index is 1.91. The molecule has 1 aromatic rings. The van der Waals surface area contributed by atoms with Gasteiger partial charge in [-0.3, -0.25) is 15.3 Å². The Labute approximate surface area is 150 Å². The third-order valence-corrected chi connectivity index (χ3v) is 5.05. The van der Waals surface area contributed by atoms with Crippen LogP contribution in [0.4, 0.5) is 0 Å². The van der Waals surface area contributed by atoms with Gasteiger partial charge in [-0.25, -0.2) is 4.79 Å². The molecule has 0 aliphatic carbocycles. The summed E-state index contributed by atoms with van der Waals surface area (Å²) in [5.41, 5.74) is 6.15. The number of carbonyl (C=O) groups is 3. The third kappa shape index (κ3) is 3.24. The standard InChI is InChI=1S/C18H22N2O6/c1-2-25-17(24)16(23)20-8-7-18(19)13(10-20)12(9-15(21)22)11-5-3-4-6-14(11)26-18/h3-6,12-13H,2,7-10,19H2,1H3,(H,21,22). The van der Waals surface area contributed by atoms with Gasteiger partial charge in [-0.1, -0.05) is 18.2 Å². The van der Waals surface area contributed by atoms with E-state index >= 15 is 0 Å². The van der Waals surface area contributed by atoms with Crippen molar-refractivity contribution >= 4 is 17.8 Å². The van der Waals surface area contributed by atoms with E-state index in [9.17, 15) is 19.5 Å². The fourth-order valence-corrected chi connectivity index (χ4v) is 3.82. The highest BCUT2D eigenvalue weighted by atomic mass is 16.5. The number of nitrogens with zero attached hydrogens (tertiary/aromatic N) is 1. The van der Waals surface area contributed by atoms with Gasteiger partial charge in [-0.2, -0.15) is 0 Å². The number of aliphatic carboxylic acids is 1. The molecule has 3 atom stereocenters. The van der Waals surface area contributed by atoms with Gasteiger partial charge in [-0.05, 0) is 18.6 Å². The molecule has 26 heavy (non-hydrogen) atoms. The van der Waals surface area contributed by atoms with Gasteiger partial charge in [0.2, 0.25) is 0 Å². The van der Waals surface area contributed by atoms with Gasteiger partial charge < -0.3 is 19.5 Å². The molecule has 2 heterocycles. The number of likely N-dealkylation sites (tertiary alicyclic amines) is 1. The number of nitrogens with two attached hydrogens (primary N) is 1. The van der Waals surface area contributed by atoms with Crippen molar-refractivity contribution in [1.29, 1.82) is 0 Å². The van der Waals surface area contributed by atoms with Gasteiger partial charge in [0.05, 0.1) is 13.0 Å². The summed E-state index contributed by atoms with van der Waals surface area (Å²) in [5, 5.41) is 9.36. The molecule has 1 amide bonds. The van der Waals surface area contributed by atoms with Crippen molar-refractivity contribution in [3.63, 3.8) is 0 Å². The molecule has 0 saturated carbocycles. The first kappa shape index (κ1) is 18.2. The normalized spacial score (nSPS) is 26.9. The molecule has 2 aliphatic rings. The van der Waals surface area contributed by atoms with Gasteiger partial charge in [0, 0.05) is 31.3 Å². The van der Waals surface area contributed by atoms with Crippen LogP contribution in [0.2, 0.25) is 0 Å². The summed E-state index contributed by atoms with van der Waals surface area (Å²) in [6.07, 6.45) is 0.165. The number of fused-ring (bicyclic) bond motifs is 2. The van der Waals surface area contributed by atoms with Gasteiger partial charge in [0.15, 0.2) is 5.72 Å². The van der Waals surface area contributed by atoms with Crippen LogP contribution in [-0.2, 0) is 19.1 Å². The second-order valence-corrected chi connectivity index (χ2v) is 6.63. The first-order chi connectivity index (χ1) is 12.4. The second-order valence-electron chi connectivity index (χ2n) is 6.63. The molecule has 8 heteroatoms. The maximum atomic E-state index is 12.3. The van der Waals surface area contributed by atoms with Gasteiger partial charge in [0.1, 0.15) is 5.75 Å². The minimum Gasteiger partial charge on any atom is -0.481 e. The molecule has 1 aromatic carbocycles. The highest BCUT2D eigenvalue weighted by molar-refractivity contribution is 6.32. The van der Waals surface area contributed by atoms with Crippen molar-refractivity contribution < 1.29 is 29.0 Å². The van der Waals surface area contributed by atoms with E-state index in [0.29, 0.717) is 12.2 Å². The molecule has 8 nitrogen and oxygen atoms in total. The van der Waals surface area contributed by atoms with Crippen LogP contribution in [0.15, 0.2) is 24.3 Å². The predicted octanol–water partition coefficient (Wildman–Crippen LogP) is 0.704.